The van der Waals surface area contributed by atoms with Gasteiger partial charge in [-0.15, -0.1) is 0 Å². The topological polar surface area (TPSA) is 9.23 Å². The molecule has 0 fully saturated rings. The summed E-state index contributed by atoms with van der Waals surface area (Å²) in [6.07, 6.45) is 1.28. The fourth-order valence-electron chi connectivity index (χ4n) is 0.408. The molecule has 0 aromatic heterocycles. The minimum absolute atomic E-state index is 0.803. The summed E-state index contributed by atoms with van der Waals surface area (Å²) < 4.78 is 4.95. The van der Waals surface area contributed by atoms with Crippen LogP contribution in [0.15, 0.2) is 0 Å². The Balaban J connectivity index is 3.11. The number of ether oxygens (including phenoxy) is 1. The third kappa shape index (κ3) is 6.39. The SMILES string of the molecule is COCC[PH](C)(C)C. The molecule has 1 nitrogen and oxygen atoms in total. The molecular weight excluding hydrogens is 119 g/mol. The Morgan fingerprint density at radius 3 is 1.88 bits per heavy atom. The fourth-order valence-corrected chi connectivity index (χ4v) is 1.22. The van der Waals surface area contributed by atoms with Gasteiger partial charge in [0.1, 0.15) is 0 Å². The molecule has 0 atom stereocenters. The predicted octanol–water partition coefficient (Wildman–Crippen LogP) is 1.27. The molecule has 0 heterocycles. The fraction of sp³-hybridized carbons (Fsp3) is 1.00. The van der Waals surface area contributed by atoms with Crippen LogP contribution in [0.2, 0.25) is 0 Å². The van der Waals surface area contributed by atoms with Crippen LogP contribution in [0.4, 0.5) is 0 Å². The van der Waals surface area contributed by atoms with E-state index in [1.165, 1.54) is 6.16 Å². The van der Waals surface area contributed by atoms with Crippen molar-refractivity contribution in [2.75, 3.05) is 39.9 Å². The van der Waals surface area contributed by atoms with E-state index in [1.807, 2.05) is 0 Å². The molecule has 0 aliphatic heterocycles. The van der Waals surface area contributed by atoms with E-state index in [0.29, 0.717) is 0 Å². The van der Waals surface area contributed by atoms with E-state index in [-0.39, 0.29) is 0 Å². The first-order valence-corrected chi connectivity index (χ1v) is 6.76. The summed E-state index contributed by atoms with van der Waals surface area (Å²) in [5, 5.41) is 0. The van der Waals surface area contributed by atoms with Crippen molar-refractivity contribution >= 4 is 7.26 Å². The Morgan fingerprint density at radius 1 is 1.25 bits per heavy atom. The molecule has 52 valence electrons. The van der Waals surface area contributed by atoms with E-state index < -0.39 is 7.26 Å². The van der Waals surface area contributed by atoms with Crippen LogP contribution < -0.4 is 0 Å². The van der Waals surface area contributed by atoms with Gasteiger partial charge in [0.2, 0.25) is 0 Å². The Bertz CT molecular complexity index is 56.0. The maximum atomic E-state index is 4.95. The molecule has 0 radical (unpaired) electrons. The van der Waals surface area contributed by atoms with Crippen LogP contribution in [0, 0.1) is 0 Å². The molecule has 0 N–H and O–H groups in total. The molecule has 0 rings (SSSR count). The predicted molar refractivity (Wildman–Crippen MR) is 42.8 cm³/mol. The Kier molecular flexibility index (Phi) is 3.59. The molecule has 0 amide bonds. The number of rotatable bonds is 3. The molecule has 8 heavy (non-hydrogen) atoms. The van der Waals surface area contributed by atoms with E-state index in [0.717, 1.165) is 6.61 Å². The molecule has 0 saturated heterocycles. The standard InChI is InChI=1S/C6H17OP/c1-7-5-6-8(2,3)4/h8H,5-6H2,1-4H3. The summed E-state index contributed by atoms with van der Waals surface area (Å²) in [5.41, 5.74) is 0. The number of hydrogen-bond donors (Lipinski definition) is 0. The molecule has 0 bridgehead atoms. The van der Waals surface area contributed by atoms with E-state index in [1.54, 1.807) is 7.11 Å². The van der Waals surface area contributed by atoms with Crippen molar-refractivity contribution in [2.45, 2.75) is 0 Å². The summed E-state index contributed by atoms with van der Waals surface area (Å²) >= 11 is 0. The molecule has 0 saturated carbocycles. The summed E-state index contributed by atoms with van der Waals surface area (Å²) in [5.74, 6) is 0. The normalized spacial score (nSPS) is 14.0. The zero-order valence-electron chi connectivity index (χ0n) is 6.32. The van der Waals surface area contributed by atoms with Crippen LogP contribution in [0.25, 0.3) is 0 Å². The van der Waals surface area contributed by atoms with Gasteiger partial charge in [0.05, 0.1) is 0 Å². The first-order valence-electron chi connectivity index (χ1n) is 3.05. The van der Waals surface area contributed by atoms with Crippen LogP contribution in [0.5, 0.6) is 0 Å². The molecule has 0 aliphatic rings. The summed E-state index contributed by atoms with van der Waals surface area (Å²) in [7, 11) is 0.961. The summed E-state index contributed by atoms with van der Waals surface area (Å²) in [6.45, 7) is 8.00. The van der Waals surface area contributed by atoms with Crippen molar-refractivity contribution in [3.63, 3.8) is 0 Å². The van der Waals surface area contributed by atoms with Crippen LogP contribution >= 0.6 is 7.26 Å². The minimum atomic E-state index is -0.803. The molecule has 0 unspecified atom stereocenters. The number of hydrogen-bond acceptors (Lipinski definition) is 1. The van der Waals surface area contributed by atoms with Gasteiger partial charge >= 0.3 is 51.9 Å². The number of methoxy groups -OCH3 is 1. The van der Waals surface area contributed by atoms with Gasteiger partial charge in [0, 0.05) is 0 Å². The summed E-state index contributed by atoms with van der Waals surface area (Å²) in [6, 6.07) is 0. The molecule has 2 heteroatoms. The first kappa shape index (κ1) is 8.39. The van der Waals surface area contributed by atoms with Crippen molar-refractivity contribution in [2.24, 2.45) is 0 Å². The zero-order valence-corrected chi connectivity index (χ0v) is 7.32. The van der Waals surface area contributed by atoms with Gasteiger partial charge in [-0.1, -0.05) is 0 Å². The van der Waals surface area contributed by atoms with E-state index in [4.69, 9.17) is 4.74 Å². The molecule has 0 spiro atoms. The molecule has 0 aromatic rings. The third-order valence-corrected chi connectivity index (χ3v) is 2.76. The van der Waals surface area contributed by atoms with E-state index in [9.17, 15) is 0 Å². The van der Waals surface area contributed by atoms with Crippen molar-refractivity contribution < 1.29 is 4.74 Å². The van der Waals surface area contributed by atoms with Gasteiger partial charge in [-0.3, -0.25) is 0 Å². The molecule has 0 aliphatic carbocycles. The monoisotopic (exact) mass is 136 g/mol. The van der Waals surface area contributed by atoms with E-state index >= 15 is 0 Å². The Morgan fingerprint density at radius 2 is 1.75 bits per heavy atom. The Hall–Kier alpha value is 0.390. The third-order valence-electron chi connectivity index (χ3n) is 1.06. The van der Waals surface area contributed by atoms with Crippen molar-refractivity contribution in [3.8, 4) is 0 Å². The van der Waals surface area contributed by atoms with Gasteiger partial charge in [-0.2, -0.15) is 0 Å². The second kappa shape index (κ2) is 3.42. The van der Waals surface area contributed by atoms with Crippen LogP contribution in [0.1, 0.15) is 0 Å². The maximum absolute atomic E-state index is 4.95. The molecular formula is C6H17OP. The summed E-state index contributed by atoms with van der Waals surface area (Å²) in [4.78, 5) is 0. The van der Waals surface area contributed by atoms with Crippen LogP contribution in [0.3, 0.4) is 0 Å². The molecule has 0 aromatic carbocycles. The Labute approximate surface area is 52.8 Å². The second-order valence-corrected chi connectivity index (χ2v) is 8.92. The van der Waals surface area contributed by atoms with Gasteiger partial charge in [-0.05, 0) is 0 Å². The quantitative estimate of drug-likeness (QED) is 0.531. The van der Waals surface area contributed by atoms with Crippen LogP contribution in [-0.4, -0.2) is 39.9 Å². The van der Waals surface area contributed by atoms with Crippen LogP contribution in [-0.2, 0) is 4.74 Å². The first-order chi connectivity index (χ1) is 3.56. The van der Waals surface area contributed by atoms with Gasteiger partial charge in [0.25, 0.3) is 0 Å². The average molecular weight is 136 g/mol. The zero-order chi connectivity index (χ0) is 6.62. The van der Waals surface area contributed by atoms with Gasteiger partial charge in [0.15, 0.2) is 0 Å². The van der Waals surface area contributed by atoms with Crippen molar-refractivity contribution in [3.05, 3.63) is 0 Å². The van der Waals surface area contributed by atoms with Gasteiger partial charge in [-0.25, -0.2) is 0 Å². The van der Waals surface area contributed by atoms with E-state index in [2.05, 4.69) is 20.0 Å². The second-order valence-electron chi connectivity index (χ2n) is 3.30. The van der Waals surface area contributed by atoms with Crippen molar-refractivity contribution in [1.29, 1.82) is 0 Å². The van der Waals surface area contributed by atoms with Gasteiger partial charge < -0.3 is 0 Å². The van der Waals surface area contributed by atoms with Crippen molar-refractivity contribution in [1.82, 2.24) is 0 Å². The average Bonchev–Trinajstić information content (AvgIpc) is 1.59.